The minimum atomic E-state index is -0.00183. The van der Waals surface area contributed by atoms with E-state index in [4.69, 9.17) is 4.74 Å². The highest BCUT2D eigenvalue weighted by atomic mass is 16.5. The highest BCUT2D eigenvalue weighted by Gasteiger charge is 2.40. The second kappa shape index (κ2) is 8.28. The SMILES string of the molecule is CCC1CC(CN2CCN(c3cc(-c4n[nH]c5ccc(OC6(C)CC6)cc45)ncn3)CC2)C1. The molecule has 1 aliphatic heterocycles. The number of nitrogens with zero attached hydrogens (tertiary/aromatic N) is 5. The Morgan fingerprint density at radius 2 is 1.88 bits per heavy atom. The van der Waals surface area contributed by atoms with E-state index in [1.165, 1.54) is 25.8 Å². The number of H-pyrrole nitrogens is 1. The first kappa shape index (κ1) is 20.9. The summed E-state index contributed by atoms with van der Waals surface area (Å²) in [5, 5.41) is 8.77. The van der Waals surface area contributed by atoms with Crippen molar-refractivity contribution < 1.29 is 4.74 Å². The Kier molecular flexibility index (Phi) is 5.24. The van der Waals surface area contributed by atoms with E-state index in [-0.39, 0.29) is 5.60 Å². The van der Waals surface area contributed by atoms with E-state index < -0.39 is 0 Å². The number of hydrogen-bond acceptors (Lipinski definition) is 6. The van der Waals surface area contributed by atoms with Crippen LogP contribution < -0.4 is 9.64 Å². The average Bonchev–Trinajstić information content (AvgIpc) is 3.38. The van der Waals surface area contributed by atoms with Crippen molar-refractivity contribution in [1.29, 1.82) is 0 Å². The molecule has 1 N–H and O–H groups in total. The zero-order valence-electron chi connectivity index (χ0n) is 19.8. The van der Waals surface area contributed by atoms with Gasteiger partial charge in [0.05, 0.1) is 11.2 Å². The van der Waals surface area contributed by atoms with Crippen LogP contribution in [0.5, 0.6) is 5.75 Å². The van der Waals surface area contributed by atoms with Crippen molar-refractivity contribution in [1.82, 2.24) is 25.1 Å². The van der Waals surface area contributed by atoms with Gasteiger partial charge in [-0.2, -0.15) is 5.10 Å². The number of rotatable bonds is 7. The highest BCUT2D eigenvalue weighted by Crippen LogP contribution is 2.40. The van der Waals surface area contributed by atoms with Gasteiger partial charge in [0.2, 0.25) is 0 Å². The molecule has 33 heavy (non-hydrogen) atoms. The molecule has 0 radical (unpaired) electrons. The normalized spacial score (nSPS) is 24.6. The number of hydrogen-bond donors (Lipinski definition) is 1. The summed E-state index contributed by atoms with van der Waals surface area (Å²) in [6.45, 7) is 9.99. The first-order chi connectivity index (χ1) is 16.1. The van der Waals surface area contributed by atoms with Gasteiger partial charge in [-0.1, -0.05) is 13.3 Å². The van der Waals surface area contributed by atoms with Gasteiger partial charge in [-0.3, -0.25) is 10.00 Å². The number of anilines is 1. The third-order valence-electron chi connectivity index (χ3n) is 7.87. The molecule has 2 aliphatic carbocycles. The van der Waals surface area contributed by atoms with Crippen molar-refractivity contribution in [3.63, 3.8) is 0 Å². The molecule has 0 amide bonds. The number of benzene rings is 1. The van der Waals surface area contributed by atoms with Gasteiger partial charge in [0.1, 0.15) is 29.2 Å². The van der Waals surface area contributed by atoms with Gasteiger partial charge < -0.3 is 9.64 Å². The lowest BCUT2D eigenvalue weighted by molar-refractivity contribution is 0.118. The summed E-state index contributed by atoms with van der Waals surface area (Å²) in [5.41, 5.74) is 2.70. The molecule has 174 valence electrons. The van der Waals surface area contributed by atoms with Gasteiger partial charge in [-0.15, -0.1) is 0 Å². The van der Waals surface area contributed by atoms with Crippen molar-refractivity contribution >= 4 is 16.7 Å². The fraction of sp³-hybridized carbons (Fsp3) is 0.577. The fourth-order valence-corrected chi connectivity index (χ4v) is 5.34. The van der Waals surface area contributed by atoms with E-state index in [9.17, 15) is 0 Å². The summed E-state index contributed by atoms with van der Waals surface area (Å²) in [4.78, 5) is 14.2. The molecule has 0 unspecified atom stereocenters. The fourth-order valence-electron chi connectivity index (χ4n) is 5.34. The predicted octanol–water partition coefficient (Wildman–Crippen LogP) is 4.51. The van der Waals surface area contributed by atoms with E-state index in [0.717, 1.165) is 84.7 Å². The van der Waals surface area contributed by atoms with Crippen molar-refractivity contribution in [2.24, 2.45) is 11.8 Å². The van der Waals surface area contributed by atoms with Crippen molar-refractivity contribution in [3.05, 3.63) is 30.6 Å². The lowest BCUT2D eigenvalue weighted by Crippen LogP contribution is -2.49. The van der Waals surface area contributed by atoms with Crippen LogP contribution in [0.3, 0.4) is 0 Å². The third kappa shape index (κ3) is 4.31. The molecule has 3 heterocycles. The standard InChI is InChI=1S/C26H34N6O/c1-3-18-12-19(13-18)16-31-8-10-32(11-9-31)24-15-23(27-17-28-24)25-21-14-20(33-26(2)6-7-26)4-5-22(21)29-30-25/h4-5,14-15,17-19H,3,6-13,16H2,1-2H3,(H,29,30). The molecule has 3 aliphatic rings. The molecule has 0 bridgehead atoms. The summed E-state index contributed by atoms with van der Waals surface area (Å²) in [5.74, 6) is 3.78. The Morgan fingerprint density at radius 3 is 2.64 bits per heavy atom. The van der Waals surface area contributed by atoms with Crippen LogP contribution in [-0.2, 0) is 0 Å². The molecule has 2 aromatic heterocycles. The van der Waals surface area contributed by atoms with Gasteiger partial charge in [0, 0.05) is 44.2 Å². The summed E-state index contributed by atoms with van der Waals surface area (Å²) >= 11 is 0. The largest absolute Gasteiger partial charge is 0.488 e. The minimum Gasteiger partial charge on any atom is -0.488 e. The molecule has 1 aromatic carbocycles. The molecular formula is C26H34N6O. The monoisotopic (exact) mass is 446 g/mol. The van der Waals surface area contributed by atoms with Crippen molar-refractivity contribution in [2.75, 3.05) is 37.6 Å². The Bertz CT molecular complexity index is 1120. The van der Waals surface area contributed by atoms with Crippen LogP contribution >= 0.6 is 0 Å². The topological polar surface area (TPSA) is 70.2 Å². The van der Waals surface area contributed by atoms with Crippen LogP contribution in [0.1, 0.15) is 46.0 Å². The molecule has 0 spiro atoms. The number of fused-ring (bicyclic) bond motifs is 1. The molecule has 3 fully saturated rings. The zero-order chi connectivity index (χ0) is 22.4. The van der Waals surface area contributed by atoms with Crippen LogP contribution in [0.25, 0.3) is 22.3 Å². The average molecular weight is 447 g/mol. The van der Waals surface area contributed by atoms with Crippen molar-refractivity contribution in [2.45, 2.75) is 51.6 Å². The van der Waals surface area contributed by atoms with E-state index in [1.54, 1.807) is 6.33 Å². The van der Waals surface area contributed by atoms with Crippen LogP contribution in [0.2, 0.25) is 0 Å². The van der Waals surface area contributed by atoms with Crippen LogP contribution in [0, 0.1) is 11.8 Å². The molecule has 6 rings (SSSR count). The second-order valence-corrected chi connectivity index (χ2v) is 10.5. The lowest BCUT2D eigenvalue weighted by atomic mass is 9.73. The van der Waals surface area contributed by atoms with Crippen LogP contribution in [0.15, 0.2) is 30.6 Å². The maximum absolute atomic E-state index is 6.17. The number of aromatic amines is 1. The van der Waals surface area contributed by atoms with Gasteiger partial charge in [-0.05, 0) is 62.6 Å². The van der Waals surface area contributed by atoms with Gasteiger partial charge in [0.25, 0.3) is 0 Å². The third-order valence-corrected chi connectivity index (χ3v) is 7.87. The van der Waals surface area contributed by atoms with E-state index in [1.807, 2.05) is 12.1 Å². The molecule has 3 aromatic rings. The van der Waals surface area contributed by atoms with E-state index >= 15 is 0 Å². The lowest BCUT2D eigenvalue weighted by Gasteiger charge is -2.41. The number of aromatic nitrogens is 4. The summed E-state index contributed by atoms with van der Waals surface area (Å²) in [6.07, 6.45) is 8.10. The van der Waals surface area contributed by atoms with Crippen molar-refractivity contribution in [3.8, 4) is 17.1 Å². The maximum atomic E-state index is 6.17. The molecule has 1 saturated heterocycles. The quantitative estimate of drug-likeness (QED) is 0.576. The smallest absolute Gasteiger partial charge is 0.132 e. The number of piperazine rings is 1. The minimum absolute atomic E-state index is 0.00183. The summed E-state index contributed by atoms with van der Waals surface area (Å²) in [6, 6.07) is 8.23. The Hall–Kier alpha value is -2.67. The summed E-state index contributed by atoms with van der Waals surface area (Å²) in [7, 11) is 0. The number of ether oxygens (including phenoxy) is 1. The molecule has 2 saturated carbocycles. The van der Waals surface area contributed by atoms with E-state index in [0.29, 0.717) is 0 Å². The first-order valence-corrected chi connectivity index (χ1v) is 12.6. The molecule has 7 nitrogen and oxygen atoms in total. The van der Waals surface area contributed by atoms with E-state index in [2.05, 4.69) is 55.9 Å². The van der Waals surface area contributed by atoms with Gasteiger partial charge in [-0.25, -0.2) is 9.97 Å². The molecular weight excluding hydrogens is 412 g/mol. The number of nitrogens with one attached hydrogen (secondary N) is 1. The van der Waals surface area contributed by atoms with Gasteiger partial charge in [0.15, 0.2) is 0 Å². The van der Waals surface area contributed by atoms with Crippen LogP contribution in [0.4, 0.5) is 5.82 Å². The summed E-state index contributed by atoms with van der Waals surface area (Å²) < 4.78 is 6.17. The highest BCUT2D eigenvalue weighted by molar-refractivity contribution is 5.93. The van der Waals surface area contributed by atoms with Crippen LogP contribution in [-0.4, -0.2) is 63.4 Å². The first-order valence-electron chi connectivity index (χ1n) is 12.6. The molecule has 7 heteroatoms. The zero-order valence-corrected chi connectivity index (χ0v) is 19.8. The Balaban J connectivity index is 1.15. The maximum Gasteiger partial charge on any atom is 0.132 e. The predicted molar refractivity (Wildman–Crippen MR) is 131 cm³/mol. The molecule has 0 atom stereocenters. The Labute approximate surface area is 195 Å². The van der Waals surface area contributed by atoms with Gasteiger partial charge >= 0.3 is 0 Å². The Morgan fingerprint density at radius 1 is 1.06 bits per heavy atom. The second-order valence-electron chi connectivity index (χ2n) is 10.5.